The van der Waals surface area contributed by atoms with Gasteiger partial charge in [0.15, 0.2) is 5.69 Å². The van der Waals surface area contributed by atoms with Gasteiger partial charge in [0.2, 0.25) is 5.91 Å². The van der Waals surface area contributed by atoms with Crippen molar-refractivity contribution in [1.82, 2.24) is 14.6 Å². The molecule has 0 aliphatic rings. The quantitative estimate of drug-likeness (QED) is 0.481. The molecule has 3 aromatic heterocycles. The number of anilines is 1. The van der Waals surface area contributed by atoms with Crippen molar-refractivity contribution in [3.63, 3.8) is 0 Å². The Labute approximate surface area is 192 Å². The second-order valence-corrected chi connectivity index (χ2v) is 10.6. The molecule has 0 spiro atoms. The molecule has 0 saturated carbocycles. The summed E-state index contributed by atoms with van der Waals surface area (Å²) in [5.74, 6) is -1.60. The second kappa shape index (κ2) is 9.16. The normalized spacial score (nSPS) is 12.4. The van der Waals surface area contributed by atoms with E-state index in [4.69, 9.17) is 11.5 Å². The lowest BCUT2D eigenvalue weighted by molar-refractivity contribution is -0.127. The van der Waals surface area contributed by atoms with Crippen LogP contribution in [-0.4, -0.2) is 32.5 Å². The maximum absolute atomic E-state index is 13.6. The predicted molar refractivity (Wildman–Crippen MR) is 124 cm³/mol. The first kappa shape index (κ1) is 22.9. The van der Waals surface area contributed by atoms with E-state index in [-0.39, 0.29) is 28.7 Å². The lowest BCUT2D eigenvalue weighted by atomic mass is 10.1. The molecule has 3 heterocycles. The topological polar surface area (TPSA) is 131 Å². The molecule has 164 valence electrons. The molecule has 0 aliphatic heterocycles. The number of hydrogen-bond acceptors (Lipinski definition) is 8. The van der Waals surface area contributed by atoms with Gasteiger partial charge in [0, 0.05) is 15.3 Å². The minimum Gasteiger partial charge on any atom is -0.395 e. The summed E-state index contributed by atoms with van der Waals surface area (Å²) < 4.78 is 3.94. The molecule has 0 aliphatic carbocycles. The van der Waals surface area contributed by atoms with Crippen molar-refractivity contribution >= 4 is 57.6 Å². The third kappa shape index (κ3) is 5.30. The number of thiophene rings is 2. The molecular formula is C20H23N5O3S3. The van der Waals surface area contributed by atoms with Gasteiger partial charge >= 0.3 is 0 Å². The van der Waals surface area contributed by atoms with Crippen molar-refractivity contribution in [2.45, 2.75) is 38.9 Å². The van der Waals surface area contributed by atoms with Gasteiger partial charge in [-0.05, 0) is 55.2 Å². The summed E-state index contributed by atoms with van der Waals surface area (Å²) >= 11 is 3.66. The lowest BCUT2D eigenvalue weighted by Gasteiger charge is -2.32. The first-order chi connectivity index (χ1) is 14.6. The Balaban J connectivity index is 2.08. The Morgan fingerprint density at radius 3 is 2.35 bits per heavy atom. The fraction of sp³-hybridized carbons (Fsp3) is 0.300. The van der Waals surface area contributed by atoms with Crippen LogP contribution in [0.25, 0.3) is 0 Å². The summed E-state index contributed by atoms with van der Waals surface area (Å²) in [6, 6.07) is 6.54. The van der Waals surface area contributed by atoms with Crippen molar-refractivity contribution in [2.24, 2.45) is 5.73 Å². The van der Waals surface area contributed by atoms with Gasteiger partial charge in [-0.1, -0.05) is 12.1 Å². The highest BCUT2D eigenvalue weighted by molar-refractivity contribution is 7.10. The fourth-order valence-corrected chi connectivity index (χ4v) is 5.22. The number of carbonyl (C=O) groups is 3. The predicted octanol–water partition coefficient (Wildman–Crippen LogP) is 3.25. The summed E-state index contributed by atoms with van der Waals surface area (Å²) in [6.07, 6.45) is 0. The number of hydrogen-bond donors (Lipinski definition) is 3. The van der Waals surface area contributed by atoms with Gasteiger partial charge in [0.1, 0.15) is 10.9 Å². The fourth-order valence-electron chi connectivity index (χ4n) is 2.92. The summed E-state index contributed by atoms with van der Waals surface area (Å²) in [6.45, 7) is 5.83. The highest BCUT2D eigenvalue weighted by Crippen LogP contribution is 2.33. The maximum atomic E-state index is 13.6. The van der Waals surface area contributed by atoms with Gasteiger partial charge in [0.05, 0.1) is 12.2 Å². The number of nitrogen functional groups attached to an aromatic ring is 1. The maximum Gasteiger partial charge on any atom is 0.270 e. The molecule has 1 atom stereocenters. The zero-order valence-electron chi connectivity index (χ0n) is 17.2. The van der Waals surface area contributed by atoms with Crippen LogP contribution in [0, 0.1) is 0 Å². The largest absolute Gasteiger partial charge is 0.395 e. The van der Waals surface area contributed by atoms with Crippen molar-refractivity contribution in [3.8, 4) is 0 Å². The van der Waals surface area contributed by atoms with Gasteiger partial charge in [0.25, 0.3) is 11.8 Å². The van der Waals surface area contributed by atoms with Crippen molar-refractivity contribution in [2.75, 3.05) is 5.73 Å². The molecule has 3 amide bonds. The third-order valence-electron chi connectivity index (χ3n) is 4.19. The average Bonchev–Trinajstić information content (AvgIpc) is 3.41. The number of aromatic nitrogens is 1. The average molecular weight is 478 g/mol. The molecule has 0 radical (unpaired) electrons. The zero-order chi connectivity index (χ0) is 22.8. The molecule has 0 aromatic carbocycles. The van der Waals surface area contributed by atoms with Crippen LogP contribution in [-0.2, 0) is 11.3 Å². The van der Waals surface area contributed by atoms with Gasteiger partial charge in [-0.25, -0.2) is 0 Å². The monoisotopic (exact) mass is 477 g/mol. The molecule has 0 fully saturated rings. The highest BCUT2D eigenvalue weighted by Gasteiger charge is 2.36. The van der Waals surface area contributed by atoms with Crippen LogP contribution >= 0.6 is 34.2 Å². The van der Waals surface area contributed by atoms with Crippen LogP contribution in [0.1, 0.15) is 56.7 Å². The van der Waals surface area contributed by atoms with Crippen LogP contribution in [0.3, 0.4) is 0 Å². The molecule has 11 heteroatoms. The summed E-state index contributed by atoms with van der Waals surface area (Å²) in [7, 11) is 0. The van der Waals surface area contributed by atoms with Crippen LogP contribution in [0.2, 0.25) is 0 Å². The summed E-state index contributed by atoms with van der Waals surface area (Å²) in [4.78, 5) is 41.7. The van der Waals surface area contributed by atoms with E-state index < -0.39 is 23.4 Å². The second-order valence-electron chi connectivity index (χ2n) is 7.81. The molecule has 0 unspecified atom stereocenters. The Bertz CT molecular complexity index is 1070. The van der Waals surface area contributed by atoms with Crippen LogP contribution in [0.5, 0.6) is 0 Å². The number of nitrogens with two attached hydrogens (primary N) is 2. The third-order valence-corrected chi connectivity index (χ3v) is 6.83. The van der Waals surface area contributed by atoms with Crippen LogP contribution in [0.4, 0.5) is 5.69 Å². The molecule has 3 aromatic rings. The first-order valence-corrected chi connectivity index (χ1v) is 11.9. The zero-order valence-corrected chi connectivity index (χ0v) is 19.7. The Morgan fingerprint density at radius 2 is 1.84 bits per heavy atom. The Hall–Kier alpha value is -2.76. The van der Waals surface area contributed by atoms with Crippen molar-refractivity contribution in [3.05, 3.63) is 55.4 Å². The van der Waals surface area contributed by atoms with E-state index in [1.807, 2.05) is 55.8 Å². The van der Waals surface area contributed by atoms with E-state index in [0.29, 0.717) is 4.88 Å². The standard InChI is InChI=1S/C20H23N5O3S3/c1-20(2,3)23-18(27)15(12-7-5-9-30-12)25(10-11-6-4-8-29-11)19(28)16-13(21)14(17(22)26)24-31-16/h4-9,15H,10,21H2,1-3H3,(H2,22,26)(H,23,27)/t15-/m1/s1. The number of primary amides is 1. The highest BCUT2D eigenvalue weighted by atomic mass is 32.1. The van der Waals surface area contributed by atoms with Gasteiger partial charge in [-0.15, -0.1) is 22.7 Å². The van der Waals surface area contributed by atoms with Crippen molar-refractivity contribution < 1.29 is 14.4 Å². The molecule has 5 N–H and O–H groups in total. The van der Waals surface area contributed by atoms with Gasteiger partial charge in [-0.3, -0.25) is 14.4 Å². The van der Waals surface area contributed by atoms with E-state index >= 15 is 0 Å². The number of rotatable bonds is 7. The number of carbonyl (C=O) groups excluding carboxylic acids is 3. The van der Waals surface area contributed by atoms with E-state index in [9.17, 15) is 14.4 Å². The molecule has 0 bridgehead atoms. The van der Waals surface area contributed by atoms with E-state index in [2.05, 4.69) is 9.69 Å². The molecule has 31 heavy (non-hydrogen) atoms. The number of nitrogens with zero attached hydrogens (tertiary/aromatic N) is 2. The Kier molecular flexibility index (Phi) is 6.77. The lowest BCUT2D eigenvalue weighted by Crippen LogP contribution is -2.48. The minimum atomic E-state index is -0.882. The van der Waals surface area contributed by atoms with Crippen LogP contribution in [0.15, 0.2) is 35.0 Å². The van der Waals surface area contributed by atoms with E-state index in [1.165, 1.54) is 27.6 Å². The Morgan fingerprint density at radius 1 is 1.16 bits per heavy atom. The number of amides is 3. The SMILES string of the molecule is CC(C)(C)NC(=O)[C@@H](c1cccs1)N(Cc1cccs1)C(=O)c1snc(C(N)=O)c1N. The minimum absolute atomic E-state index is 0.0696. The van der Waals surface area contributed by atoms with E-state index in [1.54, 1.807) is 0 Å². The molecule has 8 nitrogen and oxygen atoms in total. The van der Waals surface area contributed by atoms with Crippen molar-refractivity contribution in [1.29, 1.82) is 0 Å². The number of nitrogens with one attached hydrogen (secondary N) is 1. The van der Waals surface area contributed by atoms with Gasteiger partial charge in [-0.2, -0.15) is 4.37 Å². The first-order valence-electron chi connectivity index (χ1n) is 9.32. The summed E-state index contributed by atoms with van der Waals surface area (Å²) in [5, 5.41) is 6.73. The van der Waals surface area contributed by atoms with Gasteiger partial charge < -0.3 is 21.7 Å². The van der Waals surface area contributed by atoms with Crippen LogP contribution < -0.4 is 16.8 Å². The smallest absolute Gasteiger partial charge is 0.270 e. The molecule has 0 saturated heterocycles. The molecule has 3 rings (SSSR count). The summed E-state index contributed by atoms with van der Waals surface area (Å²) in [5.41, 5.74) is 10.6. The van der Waals surface area contributed by atoms with E-state index in [0.717, 1.165) is 16.4 Å². The molecular weight excluding hydrogens is 454 g/mol.